The highest BCUT2D eigenvalue weighted by Gasteiger charge is 2.47. The van der Waals surface area contributed by atoms with Gasteiger partial charge in [0.2, 0.25) is 0 Å². The molecule has 4 rings (SSSR count). The SMILES string of the molecule is CC(OC(=O)CCc1cc(C(C)(C)C)c(O[Si](C)(C)C(C)(C)C)c(C(C)(C)C)c1)C(OC(=O)CCc1cc(C(C)(C)C)c(O[Si](C)(C)C(C)(C)C)c(C(C)(C)C)c1)C(COC(=O)CCc1cc(C(C)(C)C)c(O[Si](C)(C)C(C)(C)C)c(C(C)(C)C)c1)OC(=O)CCc1cc(C(C)(C)C)c(O[Si](C)(C)C(C)(C)C)c(C(C)(C)C)c1. The van der Waals surface area contributed by atoms with Crippen LogP contribution in [0.2, 0.25) is 72.5 Å². The molecule has 0 aliphatic carbocycles. The zero-order valence-corrected chi connectivity index (χ0v) is 84.6. The number of hydrogen-bond acceptors (Lipinski definition) is 12. The molecule has 0 aliphatic heterocycles. The summed E-state index contributed by atoms with van der Waals surface area (Å²) >= 11 is 0. The van der Waals surface area contributed by atoms with E-state index in [1.54, 1.807) is 6.92 Å². The lowest BCUT2D eigenvalue weighted by atomic mass is 9.78. The molecule has 0 aliphatic rings. The Bertz CT molecular complexity index is 3830. The van der Waals surface area contributed by atoms with Crippen molar-refractivity contribution in [3.05, 3.63) is 115 Å². The summed E-state index contributed by atoms with van der Waals surface area (Å²) in [6.07, 6.45) is -3.00. The molecule has 0 spiro atoms. The Kier molecular flexibility index (Phi) is 31.1. The molecule has 113 heavy (non-hydrogen) atoms. The molecule has 4 aromatic carbocycles. The topological polar surface area (TPSA) is 142 Å². The second kappa shape index (κ2) is 35.0. The van der Waals surface area contributed by atoms with Crippen molar-refractivity contribution in [3.63, 3.8) is 0 Å². The first kappa shape index (κ1) is 100. The Labute approximate surface area is 695 Å². The predicted molar refractivity (Wildman–Crippen MR) is 486 cm³/mol. The number of ether oxygens (including phenoxy) is 4. The second-order valence-corrected chi connectivity index (χ2v) is 66.3. The highest BCUT2D eigenvalue weighted by Crippen LogP contribution is 2.51. The van der Waals surface area contributed by atoms with Gasteiger partial charge in [0.1, 0.15) is 35.7 Å². The molecule has 16 heteroatoms. The van der Waals surface area contributed by atoms with E-state index in [9.17, 15) is 9.59 Å². The Hall–Kier alpha value is -5.17. The van der Waals surface area contributed by atoms with E-state index in [4.69, 9.17) is 36.7 Å². The number of aryl methyl sites for hydroxylation is 4. The molecule has 4 aromatic rings. The summed E-state index contributed by atoms with van der Waals surface area (Å²) in [5, 5.41) is -0.231. The molecular weight excluding hydrogens is 1470 g/mol. The first-order valence-electron chi connectivity index (χ1n) is 42.4. The quantitative estimate of drug-likeness (QED) is 0.0319. The van der Waals surface area contributed by atoms with Gasteiger partial charge in [-0.05, 0) is 215 Å². The smallest absolute Gasteiger partial charge is 0.306 e. The Balaban J connectivity index is 2.01. The molecule has 0 heterocycles. The van der Waals surface area contributed by atoms with Gasteiger partial charge in [-0.1, -0.05) is 298 Å². The number of benzene rings is 4. The van der Waals surface area contributed by atoms with Crippen molar-refractivity contribution >= 4 is 57.1 Å². The fraction of sp³-hybridized carbons (Fsp3) is 0.711. The minimum absolute atomic E-state index is 0.0172. The lowest BCUT2D eigenvalue weighted by Crippen LogP contribution is -2.47. The molecule has 0 aromatic heterocycles. The first-order valence-corrected chi connectivity index (χ1v) is 54.0. The average molecular weight is 1630 g/mol. The standard InChI is InChI=1S/C97H164O12Si4/c1-63(103-78(99)51-47-65-56-70(88(8,9)10)83(71(57-65)89(11,12)13)107-111(40,41)95(29,30)31)81(105-80(101)53-49-67-60-74(92(20,21)22)85(75(61-67)93(23,24)25)109-113(44,45)97(35,36)37)76(104-79(100)52-48-66-58-72(90(14,15)16)84(73(59-66)91(17,18)19)108-112(42,43)96(32,33)34)62-102-77(98)50-46-64-54-68(86(2,3)4)82(69(55-64)87(5,6)7)106-110(38,39)94(26,27)28/h54-61,63,76,81H,46-53,62H2,1-45H3. The van der Waals surface area contributed by atoms with Gasteiger partial charge in [0, 0.05) is 25.7 Å². The van der Waals surface area contributed by atoms with Gasteiger partial charge >= 0.3 is 23.9 Å². The molecule has 12 nitrogen and oxygen atoms in total. The van der Waals surface area contributed by atoms with Crippen LogP contribution >= 0.6 is 0 Å². The molecule has 0 radical (unpaired) electrons. The van der Waals surface area contributed by atoms with Crippen LogP contribution in [0.1, 0.15) is 349 Å². The van der Waals surface area contributed by atoms with Crippen LogP contribution in [0, 0.1) is 0 Å². The van der Waals surface area contributed by atoms with Crippen LogP contribution in [-0.4, -0.2) is 82.1 Å². The maximum absolute atomic E-state index is 15.2. The van der Waals surface area contributed by atoms with Gasteiger partial charge in [-0.2, -0.15) is 0 Å². The molecule has 0 fully saturated rings. The van der Waals surface area contributed by atoms with Crippen molar-refractivity contribution in [1.29, 1.82) is 0 Å². The Morgan fingerprint density at radius 1 is 0.274 bits per heavy atom. The van der Waals surface area contributed by atoms with Crippen LogP contribution < -0.4 is 17.7 Å². The normalized spacial score (nSPS) is 14.8. The van der Waals surface area contributed by atoms with E-state index in [1.807, 2.05) is 0 Å². The van der Waals surface area contributed by atoms with Gasteiger partial charge in [-0.15, -0.1) is 0 Å². The van der Waals surface area contributed by atoms with Crippen LogP contribution in [0.5, 0.6) is 23.0 Å². The summed E-state index contributed by atoms with van der Waals surface area (Å²) in [6, 6.07) is 17.4. The molecule has 3 unspecified atom stereocenters. The number of hydrogen-bond donors (Lipinski definition) is 0. The van der Waals surface area contributed by atoms with E-state index in [1.165, 1.54) is 0 Å². The van der Waals surface area contributed by atoms with Crippen LogP contribution in [0.25, 0.3) is 0 Å². The van der Waals surface area contributed by atoms with Crippen molar-refractivity contribution < 1.29 is 55.8 Å². The van der Waals surface area contributed by atoms with Crippen molar-refractivity contribution in [2.45, 2.75) is 442 Å². The highest BCUT2D eigenvalue weighted by atomic mass is 28.4. The lowest BCUT2D eigenvalue weighted by molar-refractivity contribution is -0.190. The Morgan fingerprint density at radius 2 is 0.451 bits per heavy atom. The Morgan fingerprint density at radius 3 is 0.637 bits per heavy atom. The monoisotopic (exact) mass is 1630 g/mol. The number of rotatable bonds is 27. The summed E-state index contributed by atoms with van der Waals surface area (Å²) in [7, 11) is -9.35. The third-order valence-electron chi connectivity index (χ3n) is 24.3. The number of carbonyl (C=O) groups excluding carboxylic acids is 4. The molecule has 0 N–H and O–H groups in total. The fourth-order valence-corrected chi connectivity index (χ4v) is 16.7. The van der Waals surface area contributed by atoms with Crippen molar-refractivity contribution in [3.8, 4) is 23.0 Å². The van der Waals surface area contributed by atoms with Crippen LogP contribution in [0.3, 0.4) is 0 Å². The zero-order valence-electron chi connectivity index (χ0n) is 80.6. The summed E-state index contributed by atoms with van der Waals surface area (Å²) in [6.45, 7) is 99.2. The van der Waals surface area contributed by atoms with E-state index in [2.05, 4.69) is 350 Å². The summed E-state index contributed by atoms with van der Waals surface area (Å²) < 4.78 is 55.4. The molecule has 0 saturated carbocycles. The fourth-order valence-electron chi connectivity index (χ4n) is 12.5. The molecule has 0 amide bonds. The first-order chi connectivity index (χ1) is 50.1. The predicted octanol–water partition coefficient (Wildman–Crippen LogP) is 26.7. The van der Waals surface area contributed by atoms with Crippen LogP contribution in [0.4, 0.5) is 0 Å². The zero-order chi connectivity index (χ0) is 88.0. The van der Waals surface area contributed by atoms with Gasteiger partial charge in [0.05, 0.1) is 0 Å². The average Bonchev–Trinajstić information content (AvgIpc) is 0.777. The van der Waals surface area contributed by atoms with E-state index >= 15 is 9.59 Å². The van der Waals surface area contributed by atoms with E-state index < -0.39 is 82.1 Å². The van der Waals surface area contributed by atoms with Gasteiger partial charge in [0.15, 0.2) is 12.2 Å². The second-order valence-electron chi connectivity index (χ2n) is 47.4. The maximum atomic E-state index is 15.2. The van der Waals surface area contributed by atoms with Crippen molar-refractivity contribution in [2.75, 3.05) is 6.61 Å². The number of esters is 4. The lowest BCUT2D eigenvalue weighted by Gasteiger charge is -2.40. The van der Waals surface area contributed by atoms with Crippen LogP contribution in [0.15, 0.2) is 48.5 Å². The van der Waals surface area contributed by atoms with Gasteiger partial charge in [0.25, 0.3) is 33.3 Å². The third-order valence-corrected chi connectivity index (χ3v) is 41.6. The molecular formula is C97H164O12Si4. The molecule has 3 atom stereocenters. The summed E-state index contributed by atoms with van der Waals surface area (Å²) in [5.41, 5.74) is 9.73. The molecule has 0 saturated heterocycles. The van der Waals surface area contributed by atoms with E-state index in [0.717, 1.165) is 89.8 Å². The summed E-state index contributed by atoms with van der Waals surface area (Å²) in [5.74, 6) is 1.33. The minimum atomic E-state index is -2.35. The number of carbonyl (C=O) groups is 4. The minimum Gasteiger partial charge on any atom is -0.543 e. The molecule has 0 bridgehead atoms. The maximum Gasteiger partial charge on any atom is 0.306 e. The highest BCUT2D eigenvalue weighted by molar-refractivity contribution is 6.76. The largest absolute Gasteiger partial charge is 0.543 e. The van der Waals surface area contributed by atoms with Gasteiger partial charge in [-0.25, -0.2) is 0 Å². The third kappa shape index (κ3) is 27.2. The van der Waals surface area contributed by atoms with E-state index in [-0.39, 0.29) is 89.2 Å². The molecule has 640 valence electrons. The van der Waals surface area contributed by atoms with Crippen molar-refractivity contribution in [2.24, 2.45) is 0 Å². The summed E-state index contributed by atoms with van der Waals surface area (Å²) in [4.78, 5) is 60.1. The van der Waals surface area contributed by atoms with Gasteiger partial charge in [-0.3, -0.25) is 19.2 Å². The van der Waals surface area contributed by atoms with E-state index in [0.29, 0.717) is 25.7 Å². The van der Waals surface area contributed by atoms with Crippen LogP contribution in [-0.2, 0) is 107 Å². The van der Waals surface area contributed by atoms with Crippen molar-refractivity contribution in [1.82, 2.24) is 0 Å². The van der Waals surface area contributed by atoms with Gasteiger partial charge < -0.3 is 36.7 Å².